The standard InChI is InChI=1S/C41H48ClN9O7/c1-24-21-31(52)36-34(24)37(47-23-46-36)49-17-19-50(20-18-49)39(56)28(25-7-9-26(42)10-8-25)22-43-16-13-32(53)45-15-3-2-14-44-29-6-4-5-27-35(29)41(58)51(40(27)57)30-11-12-33(54)48-38(30)55/h4-10,23-24,28,30-31,43-44,52H,2-3,11-22H2,1H3,(H,45,53)(H,48,54,55). The van der Waals surface area contributed by atoms with E-state index in [1.807, 2.05) is 17.0 Å². The summed E-state index contributed by atoms with van der Waals surface area (Å²) in [7, 11) is 0. The SMILES string of the molecule is CC1CC(O)c2ncnc(N3CCN(C(=O)C(CNCCC(=O)NCCCCNc4cccc5c4C(=O)N(C4CCC(=O)NC4=O)C5=O)c4ccc(Cl)cc4)CC3)c21. The zero-order valence-electron chi connectivity index (χ0n) is 32.3. The van der Waals surface area contributed by atoms with Crippen molar-refractivity contribution < 1.29 is 33.9 Å². The number of carbonyl (C=O) groups is 6. The van der Waals surface area contributed by atoms with Crippen molar-refractivity contribution in [1.82, 2.24) is 35.7 Å². The molecular weight excluding hydrogens is 766 g/mol. The predicted octanol–water partition coefficient (Wildman–Crippen LogP) is 2.49. The van der Waals surface area contributed by atoms with Gasteiger partial charge in [-0.25, -0.2) is 9.97 Å². The lowest BCUT2D eigenvalue weighted by Gasteiger charge is -2.38. The number of hydrogen-bond acceptors (Lipinski definition) is 12. The smallest absolute Gasteiger partial charge is 0.264 e. The number of piperidine rings is 1. The Balaban J connectivity index is 0.837. The van der Waals surface area contributed by atoms with Crippen LogP contribution in [0.25, 0.3) is 0 Å². The molecule has 5 N–H and O–H groups in total. The lowest BCUT2D eigenvalue weighted by Crippen LogP contribution is -2.54. The number of benzene rings is 2. The van der Waals surface area contributed by atoms with Crippen LogP contribution in [0.15, 0.2) is 48.8 Å². The average molecular weight is 814 g/mol. The fourth-order valence-corrected chi connectivity index (χ4v) is 8.38. The first kappa shape index (κ1) is 40.7. The molecule has 0 saturated carbocycles. The maximum Gasteiger partial charge on any atom is 0.264 e. The number of unbranched alkanes of at least 4 members (excludes halogenated alkanes) is 1. The number of imide groups is 2. The van der Waals surface area contributed by atoms with Gasteiger partial charge in [-0.05, 0) is 61.4 Å². The van der Waals surface area contributed by atoms with Gasteiger partial charge in [0.25, 0.3) is 11.8 Å². The van der Waals surface area contributed by atoms with E-state index < -0.39 is 41.7 Å². The lowest BCUT2D eigenvalue weighted by molar-refractivity contribution is -0.136. The van der Waals surface area contributed by atoms with Crippen LogP contribution >= 0.6 is 11.6 Å². The Morgan fingerprint density at radius 2 is 1.72 bits per heavy atom. The minimum Gasteiger partial charge on any atom is -0.387 e. The van der Waals surface area contributed by atoms with Crippen molar-refractivity contribution in [3.8, 4) is 0 Å². The third kappa shape index (κ3) is 8.68. The molecule has 306 valence electrons. The Kier molecular flexibility index (Phi) is 12.6. The van der Waals surface area contributed by atoms with Gasteiger partial charge in [0.2, 0.25) is 23.6 Å². The fraction of sp³-hybridized carbons (Fsp3) is 0.463. The Bertz CT molecular complexity index is 2070. The largest absolute Gasteiger partial charge is 0.387 e. The number of piperazine rings is 1. The second-order valence-electron chi connectivity index (χ2n) is 15.2. The summed E-state index contributed by atoms with van der Waals surface area (Å²) in [5, 5.41) is 22.7. The molecule has 7 rings (SSSR count). The fourth-order valence-electron chi connectivity index (χ4n) is 8.26. The maximum atomic E-state index is 14.0. The Labute approximate surface area is 341 Å². The highest BCUT2D eigenvalue weighted by molar-refractivity contribution is 6.30. The van der Waals surface area contributed by atoms with Crippen LogP contribution in [-0.4, -0.2) is 119 Å². The van der Waals surface area contributed by atoms with Gasteiger partial charge in [-0.3, -0.25) is 39.0 Å². The van der Waals surface area contributed by atoms with Crippen molar-refractivity contribution in [2.24, 2.45) is 0 Å². The molecule has 0 radical (unpaired) electrons. The Morgan fingerprint density at radius 3 is 2.48 bits per heavy atom. The van der Waals surface area contributed by atoms with Gasteiger partial charge >= 0.3 is 0 Å². The number of anilines is 2. The molecule has 4 unspecified atom stereocenters. The van der Waals surface area contributed by atoms with Gasteiger partial charge in [-0.1, -0.05) is 36.7 Å². The highest BCUT2D eigenvalue weighted by Gasteiger charge is 2.45. The molecule has 17 heteroatoms. The van der Waals surface area contributed by atoms with Crippen molar-refractivity contribution in [3.05, 3.63) is 81.8 Å². The number of aliphatic hydroxyl groups excluding tert-OH is 1. The Hall–Kier alpha value is -5.45. The van der Waals surface area contributed by atoms with Crippen LogP contribution in [-0.2, 0) is 19.2 Å². The number of halogens is 1. The van der Waals surface area contributed by atoms with E-state index in [1.165, 1.54) is 6.33 Å². The molecule has 2 fully saturated rings. The maximum absolute atomic E-state index is 14.0. The third-order valence-corrected chi connectivity index (χ3v) is 11.6. The first-order valence-corrected chi connectivity index (χ1v) is 20.3. The summed E-state index contributed by atoms with van der Waals surface area (Å²) < 4.78 is 0. The number of nitrogens with one attached hydrogen (secondary N) is 4. The van der Waals surface area contributed by atoms with Crippen molar-refractivity contribution in [1.29, 1.82) is 0 Å². The topological polar surface area (TPSA) is 206 Å². The number of nitrogens with zero attached hydrogens (tertiary/aromatic N) is 5. The molecule has 4 atom stereocenters. The van der Waals surface area contributed by atoms with Crippen LogP contribution in [0.5, 0.6) is 0 Å². The third-order valence-electron chi connectivity index (χ3n) is 11.3. The molecule has 4 heterocycles. The second-order valence-corrected chi connectivity index (χ2v) is 15.6. The molecule has 0 spiro atoms. The van der Waals surface area contributed by atoms with E-state index in [1.54, 1.807) is 30.3 Å². The zero-order chi connectivity index (χ0) is 40.9. The van der Waals surface area contributed by atoms with Gasteiger partial charge < -0.3 is 30.9 Å². The quantitative estimate of drug-likeness (QED) is 0.111. The highest BCUT2D eigenvalue weighted by Crippen LogP contribution is 2.43. The number of hydrogen-bond donors (Lipinski definition) is 5. The molecule has 6 amide bonds. The van der Waals surface area contributed by atoms with Crippen LogP contribution in [0.3, 0.4) is 0 Å². The monoisotopic (exact) mass is 813 g/mol. The number of aromatic nitrogens is 2. The van der Waals surface area contributed by atoms with Crippen molar-refractivity contribution in [3.63, 3.8) is 0 Å². The number of fused-ring (bicyclic) bond motifs is 2. The van der Waals surface area contributed by atoms with Crippen molar-refractivity contribution >= 4 is 58.5 Å². The van der Waals surface area contributed by atoms with E-state index in [0.717, 1.165) is 21.8 Å². The molecular formula is C41H48ClN9O7. The van der Waals surface area contributed by atoms with Gasteiger partial charge in [-0.2, -0.15) is 0 Å². The van der Waals surface area contributed by atoms with Crippen molar-refractivity contribution in [2.75, 3.05) is 62.6 Å². The molecule has 4 aliphatic rings. The van der Waals surface area contributed by atoms with Gasteiger partial charge in [0.15, 0.2) is 0 Å². The van der Waals surface area contributed by atoms with E-state index in [0.29, 0.717) is 88.0 Å². The first-order chi connectivity index (χ1) is 28.0. The minimum atomic E-state index is -1.03. The lowest BCUT2D eigenvalue weighted by atomic mass is 9.97. The first-order valence-electron chi connectivity index (χ1n) is 19.9. The van der Waals surface area contributed by atoms with Crippen molar-refractivity contribution in [2.45, 2.75) is 69.4 Å². The summed E-state index contributed by atoms with van der Waals surface area (Å²) >= 11 is 6.17. The van der Waals surface area contributed by atoms with Crippen LogP contribution in [0.2, 0.25) is 5.02 Å². The summed E-state index contributed by atoms with van der Waals surface area (Å²) in [6.07, 6.45) is 3.24. The summed E-state index contributed by atoms with van der Waals surface area (Å²) in [6.45, 7) is 5.98. The number of aliphatic hydroxyl groups is 1. The van der Waals surface area contributed by atoms with Crippen LogP contribution < -0.4 is 26.2 Å². The summed E-state index contributed by atoms with van der Waals surface area (Å²) in [6, 6.07) is 11.2. The van der Waals surface area contributed by atoms with Crippen LogP contribution in [0.4, 0.5) is 11.5 Å². The van der Waals surface area contributed by atoms with Gasteiger partial charge in [0.05, 0.1) is 28.8 Å². The molecule has 58 heavy (non-hydrogen) atoms. The summed E-state index contributed by atoms with van der Waals surface area (Å²) in [5.41, 5.74) is 3.43. The molecule has 16 nitrogen and oxygen atoms in total. The second kappa shape index (κ2) is 18.0. The van der Waals surface area contributed by atoms with Crippen LogP contribution in [0, 0.1) is 0 Å². The van der Waals surface area contributed by atoms with E-state index in [-0.39, 0.29) is 48.1 Å². The zero-order valence-corrected chi connectivity index (χ0v) is 33.1. The molecule has 2 saturated heterocycles. The van der Waals surface area contributed by atoms with E-state index in [9.17, 15) is 33.9 Å². The van der Waals surface area contributed by atoms with Gasteiger partial charge in [0.1, 0.15) is 18.2 Å². The number of carbonyl (C=O) groups excluding carboxylic acids is 6. The minimum absolute atomic E-state index is 0.00713. The molecule has 1 aromatic heterocycles. The van der Waals surface area contributed by atoms with Gasteiger partial charge in [-0.15, -0.1) is 0 Å². The molecule has 2 aromatic carbocycles. The number of amides is 6. The highest BCUT2D eigenvalue weighted by atomic mass is 35.5. The normalized spacial score (nSPS) is 20.8. The predicted molar refractivity (Wildman–Crippen MR) is 214 cm³/mol. The van der Waals surface area contributed by atoms with E-state index in [4.69, 9.17) is 11.6 Å². The molecule has 1 aliphatic carbocycles. The molecule has 0 bridgehead atoms. The summed E-state index contributed by atoms with van der Waals surface area (Å²) in [5.74, 6) is -1.83. The van der Waals surface area contributed by atoms with Crippen LogP contribution in [0.1, 0.15) is 101 Å². The summed E-state index contributed by atoms with van der Waals surface area (Å²) in [4.78, 5) is 90.9. The average Bonchev–Trinajstić information content (AvgIpc) is 3.66. The molecule has 3 aliphatic heterocycles. The van der Waals surface area contributed by atoms with Gasteiger partial charge in [0, 0.05) is 81.5 Å². The number of rotatable bonds is 15. The molecule has 3 aromatic rings. The Morgan fingerprint density at radius 1 is 0.966 bits per heavy atom. The van der Waals surface area contributed by atoms with E-state index >= 15 is 0 Å². The van der Waals surface area contributed by atoms with E-state index in [2.05, 4.69) is 43.1 Å².